The highest BCUT2D eigenvalue weighted by molar-refractivity contribution is 5.86. The Balaban J connectivity index is 2.13. The number of anilines is 1. The summed E-state index contributed by atoms with van der Waals surface area (Å²) in [7, 11) is 0. The molecule has 2 N–H and O–H groups in total. The Bertz CT molecular complexity index is 442. The van der Waals surface area contributed by atoms with Gasteiger partial charge >= 0.3 is 0 Å². The van der Waals surface area contributed by atoms with Gasteiger partial charge < -0.3 is 0 Å². The first-order chi connectivity index (χ1) is 8.90. The van der Waals surface area contributed by atoms with Gasteiger partial charge in [-0.25, -0.2) is 5.01 Å². The Morgan fingerprint density at radius 3 is 2.53 bits per heavy atom. The molecule has 1 fully saturated rings. The molecule has 0 spiro atoms. The van der Waals surface area contributed by atoms with E-state index in [0.29, 0.717) is 5.92 Å². The zero-order valence-electron chi connectivity index (χ0n) is 12.1. The van der Waals surface area contributed by atoms with Crippen LogP contribution < -0.4 is 10.7 Å². The van der Waals surface area contributed by atoms with Crippen LogP contribution in [0.25, 0.3) is 0 Å². The molecule has 19 heavy (non-hydrogen) atoms. The van der Waals surface area contributed by atoms with Gasteiger partial charge in [-0.3, -0.25) is 15.5 Å². The second kappa shape index (κ2) is 5.21. The number of hydrogen-bond donors (Lipinski definition) is 2. The van der Waals surface area contributed by atoms with Gasteiger partial charge in [-0.05, 0) is 38.3 Å². The highest BCUT2D eigenvalue weighted by atomic mass is 16.2. The van der Waals surface area contributed by atoms with Gasteiger partial charge in [0.2, 0.25) is 0 Å². The molecule has 1 atom stereocenters. The van der Waals surface area contributed by atoms with Gasteiger partial charge in [-0.15, -0.1) is 0 Å². The van der Waals surface area contributed by atoms with Gasteiger partial charge in [0.25, 0.3) is 5.91 Å². The molecule has 0 saturated carbocycles. The third kappa shape index (κ3) is 3.07. The molecule has 0 radical (unpaired) electrons. The molecule has 4 heteroatoms. The second-order valence-electron chi connectivity index (χ2n) is 6.04. The van der Waals surface area contributed by atoms with Crippen molar-refractivity contribution in [3.63, 3.8) is 0 Å². The standard InChI is InChI=1S/C15H23N3O/c1-11(2)10-13-14(19)18(15(3,4)16-13)17-12-8-6-5-7-9-12/h5-9,11,13,16-17H,10H2,1-4H3/t13-/m0/s1. The van der Waals surface area contributed by atoms with Crippen molar-refractivity contribution in [1.29, 1.82) is 0 Å². The molecular formula is C15H23N3O. The third-order valence-electron chi connectivity index (χ3n) is 3.33. The monoisotopic (exact) mass is 261 g/mol. The molecule has 1 aromatic rings. The SMILES string of the molecule is CC(C)C[C@@H]1NC(C)(C)N(Nc2ccccc2)C1=O. The lowest BCUT2D eigenvalue weighted by atomic mass is 10.0. The van der Waals surface area contributed by atoms with Crippen molar-refractivity contribution in [1.82, 2.24) is 10.3 Å². The average molecular weight is 261 g/mol. The zero-order chi connectivity index (χ0) is 14.0. The number of carbonyl (C=O) groups excluding carboxylic acids is 1. The Labute approximate surface area is 115 Å². The zero-order valence-corrected chi connectivity index (χ0v) is 12.1. The summed E-state index contributed by atoms with van der Waals surface area (Å²) < 4.78 is 0. The first kappa shape index (κ1) is 13.9. The average Bonchev–Trinajstić information content (AvgIpc) is 2.53. The summed E-state index contributed by atoms with van der Waals surface area (Å²) in [5.41, 5.74) is 3.75. The van der Waals surface area contributed by atoms with E-state index in [4.69, 9.17) is 0 Å². The Kier molecular flexibility index (Phi) is 3.80. The topological polar surface area (TPSA) is 44.4 Å². The molecule has 4 nitrogen and oxygen atoms in total. The fraction of sp³-hybridized carbons (Fsp3) is 0.533. The van der Waals surface area contributed by atoms with Gasteiger partial charge in [-0.2, -0.15) is 0 Å². The highest BCUT2D eigenvalue weighted by Crippen LogP contribution is 2.25. The van der Waals surface area contributed by atoms with Crippen LogP contribution in [0.4, 0.5) is 5.69 Å². The molecule has 1 amide bonds. The van der Waals surface area contributed by atoms with Gasteiger partial charge in [0.05, 0.1) is 11.7 Å². The summed E-state index contributed by atoms with van der Waals surface area (Å²) in [6, 6.07) is 9.68. The van der Waals surface area contributed by atoms with Crippen molar-refractivity contribution in [3.05, 3.63) is 30.3 Å². The van der Waals surface area contributed by atoms with Crippen molar-refractivity contribution < 1.29 is 4.79 Å². The number of nitrogens with one attached hydrogen (secondary N) is 2. The maximum Gasteiger partial charge on any atom is 0.259 e. The van der Waals surface area contributed by atoms with Crippen molar-refractivity contribution in [2.24, 2.45) is 5.92 Å². The predicted molar refractivity (Wildman–Crippen MR) is 77.4 cm³/mol. The minimum Gasteiger partial charge on any atom is -0.294 e. The fourth-order valence-electron chi connectivity index (χ4n) is 2.45. The number of para-hydroxylation sites is 1. The quantitative estimate of drug-likeness (QED) is 0.875. The van der Waals surface area contributed by atoms with Crippen LogP contribution in [-0.4, -0.2) is 22.6 Å². The summed E-state index contributed by atoms with van der Waals surface area (Å²) in [6.07, 6.45) is 0.856. The summed E-state index contributed by atoms with van der Waals surface area (Å²) in [4.78, 5) is 12.5. The Hall–Kier alpha value is -1.55. The van der Waals surface area contributed by atoms with E-state index in [9.17, 15) is 4.79 Å². The number of hydrogen-bond acceptors (Lipinski definition) is 3. The van der Waals surface area contributed by atoms with E-state index >= 15 is 0 Å². The molecular weight excluding hydrogens is 238 g/mol. The lowest BCUT2D eigenvalue weighted by Crippen LogP contribution is -2.50. The molecule has 2 rings (SSSR count). The smallest absolute Gasteiger partial charge is 0.259 e. The maximum absolute atomic E-state index is 12.5. The van der Waals surface area contributed by atoms with Crippen LogP contribution in [0.15, 0.2) is 30.3 Å². The molecule has 1 aliphatic rings. The number of amides is 1. The van der Waals surface area contributed by atoms with Crippen LogP contribution >= 0.6 is 0 Å². The van der Waals surface area contributed by atoms with Crippen molar-refractivity contribution >= 4 is 11.6 Å². The van der Waals surface area contributed by atoms with E-state index in [1.165, 1.54) is 0 Å². The molecule has 1 aliphatic heterocycles. The van der Waals surface area contributed by atoms with Crippen LogP contribution in [0.5, 0.6) is 0 Å². The van der Waals surface area contributed by atoms with Gasteiger partial charge in [-0.1, -0.05) is 32.0 Å². The van der Waals surface area contributed by atoms with E-state index < -0.39 is 0 Å². The van der Waals surface area contributed by atoms with Crippen LogP contribution in [0, 0.1) is 5.92 Å². The maximum atomic E-state index is 12.5. The van der Waals surface area contributed by atoms with E-state index in [0.717, 1.165) is 12.1 Å². The Morgan fingerprint density at radius 2 is 1.95 bits per heavy atom. The summed E-state index contributed by atoms with van der Waals surface area (Å²) in [5, 5.41) is 5.10. The van der Waals surface area contributed by atoms with Crippen molar-refractivity contribution in [2.45, 2.75) is 45.8 Å². The number of hydrazine groups is 1. The van der Waals surface area contributed by atoms with Crippen molar-refractivity contribution in [2.75, 3.05) is 5.43 Å². The fourth-order valence-corrected chi connectivity index (χ4v) is 2.45. The highest BCUT2D eigenvalue weighted by Gasteiger charge is 2.44. The lowest BCUT2D eigenvalue weighted by Gasteiger charge is -2.31. The first-order valence-corrected chi connectivity index (χ1v) is 6.83. The van der Waals surface area contributed by atoms with Gasteiger partial charge in [0.1, 0.15) is 5.66 Å². The predicted octanol–water partition coefficient (Wildman–Crippen LogP) is 2.60. The van der Waals surface area contributed by atoms with Crippen molar-refractivity contribution in [3.8, 4) is 0 Å². The number of carbonyl (C=O) groups is 1. The lowest BCUT2D eigenvalue weighted by molar-refractivity contribution is -0.130. The van der Waals surface area contributed by atoms with Crippen LogP contribution in [-0.2, 0) is 4.79 Å². The van der Waals surface area contributed by atoms with E-state index in [1.807, 2.05) is 44.2 Å². The van der Waals surface area contributed by atoms with Crippen LogP contribution in [0.2, 0.25) is 0 Å². The summed E-state index contributed by atoms with van der Waals surface area (Å²) in [6.45, 7) is 8.30. The number of benzene rings is 1. The first-order valence-electron chi connectivity index (χ1n) is 6.83. The molecule has 0 aromatic heterocycles. The third-order valence-corrected chi connectivity index (χ3v) is 3.33. The number of nitrogens with zero attached hydrogens (tertiary/aromatic N) is 1. The van der Waals surface area contributed by atoms with E-state index in [2.05, 4.69) is 24.6 Å². The minimum absolute atomic E-state index is 0.105. The van der Waals surface area contributed by atoms with Gasteiger partial charge in [0, 0.05) is 0 Å². The van der Waals surface area contributed by atoms with Crippen LogP contribution in [0.1, 0.15) is 34.1 Å². The molecule has 1 saturated heterocycles. The van der Waals surface area contributed by atoms with Crippen LogP contribution in [0.3, 0.4) is 0 Å². The number of rotatable bonds is 4. The Morgan fingerprint density at radius 1 is 1.32 bits per heavy atom. The molecule has 0 aliphatic carbocycles. The molecule has 0 bridgehead atoms. The molecule has 1 aromatic carbocycles. The summed E-state index contributed by atoms with van der Waals surface area (Å²) in [5.74, 6) is 0.608. The molecule has 104 valence electrons. The molecule has 1 heterocycles. The van der Waals surface area contributed by atoms with Gasteiger partial charge in [0.15, 0.2) is 0 Å². The van der Waals surface area contributed by atoms with E-state index in [-0.39, 0.29) is 17.6 Å². The van der Waals surface area contributed by atoms with E-state index in [1.54, 1.807) is 5.01 Å². The second-order valence-corrected chi connectivity index (χ2v) is 6.04. The largest absolute Gasteiger partial charge is 0.294 e. The minimum atomic E-state index is -0.382. The normalized spacial score (nSPS) is 22.1. The summed E-state index contributed by atoms with van der Waals surface area (Å²) >= 11 is 0. The molecule has 0 unspecified atom stereocenters.